The fourth-order valence-corrected chi connectivity index (χ4v) is 1.92. The van der Waals surface area contributed by atoms with Crippen molar-refractivity contribution < 1.29 is 10.1 Å². The second-order valence-corrected chi connectivity index (χ2v) is 3.71. The summed E-state index contributed by atoms with van der Waals surface area (Å²) in [6, 6.07) is 0. The third-order valence-corrected chi connectivity index (χ3v) is 2.75. The van der Waals surface area contributed by atoms with Crippen LogP contribution in [0.5, 0.6) is 0 Å². The van der Waals surface area contributed by atoms with Gasteiger partial charge in [-0.3, -0.25) is 0 Å². The van der Waals surface area contributed by atoms with E-state index in [0.717, 1.165) is 12.3 Å². The standard InChI is InChI=1S/C10H19NO/c1-11-10(12)8-7-9-5-3-2-4-6-9/h9H,1-8,11H2. The van der Waals surface area contributed by atoms with Crippen molar-refractivity contribution in [2.45, 2.75) is 44.9 Å². The van der Waals surface area contributed by atoms with Crippen molar-refractivity contribution in [2.24, 2.45) is 5.92 Å². The zero-order chi connectivity index (χ0) is 8.81. The van der Waals surface area contributed by atoms with Gasteiger partial charge in [0.2, 0.25) is 0 Å². The molecule has 0 radical (unpaired) electrons. The lowest BCUT2D eigenvalue weighted by Crippen LogP contribution is -2.81. The lowest BCUT2D eigenvalue weighted by molar-refractivity contribution is -0.507. The Kier molecular flexibility index (Phi) is 4.30. The summed E-state index contributed by atoms with van der Waals surface area (Å²) < 4.78 is 0. The molecule has 0 unspecified atom stereocenters. The van der Waals surface area contributed by atoms with E-state index in [1.807, 2.05) is 0 Å². The first-order chi connectivity index (χ1) is 5.83. The number of quaternary nitrogens is 1. The van der Waals surface area contributed by atoms with Gasteiger partial charge in [-0.05, 0) is 12.3 Å². The quantitative estimate of drug-likeness (QED) is 0.633. The summed E-state index contributed by atoms with van der Waals surface area (Å²) in [5.41, 5.74) is 0. The smallest absolute Gasteiger partial charge is 0.284 e. The summed E-state index contributed by atoms with van der Waals surface area (Å²) in [6.07, 6.45) is 8.61. The molecule has 1 rings (SSSR count). The molecule has 1 amide bonds. The third-order valence-electron chi connectivity index (χ3n) is 2.75. The molecule has 2 N–H and O–H groups in total. The first kappa shape index (κ1) is 9.72. The molecule has 1 saturated carbocycles. The second-order valence-electron chi connectivity index (χ2n) is 3.71. The van der Waals surface area contributed by atoms with Crippen molar-refractivity contribution >= 4 is 5.91 Å². The number of nitrogens with two attached hydrogens (primary N) is 1. The van der Waals surface area contributed by atoms with Gasteiger partial charge < -0.3 is 5.32 Å². The van der Waals surface area contributed by atoms with Gasteiger partial charge in [-0.1, -0.05) is 32.1 Å². The molecule has 0 saturated heterocycles. The molecule has 0 spiro atoms. The number of primary amides is 1. The highest BCUT2D eigenvalue weighted by molar-refractivity contribution is 5.65. The summed E-state index contributed by atoms with van der Waals surface area (Å²) >= 11 is 0. The van der Waals surface area contributed by atoms with Gasteiger partial charge in [-0.25, -0.2) is 4.79 Å². The highest BCUT2D eigenvalue weighted by Crippen LogP contribution is 2.26. The Morgan fingerprint density at radius 1 is 1.33 bits per heavy atom. The number of carbonyl (C=O) groups excluding carboxylic acids is 1. The molecule has 0 atom stereocenters. The Morgan fingerprint density at radius 3 is 2.58 bits per heavy atom. The van der Waals surface area contributed by atoms with Crippen LogP contribution in [-0.2, 0) is 4.79 Å². The van der Waals surface area contributed by atoms with E-state index in [2.05, 4.69) is 7.05 Å². The molecule has 1 aliphatic carbocycles. The predicted molar refractivity (Wildman–Crippen MR) is 48.1 cm³/mol. The van der Waals surface area contributed by atoms with Gasteiger partial charge in [0.1, 0.15) is 0 Å². The summed E-state index contributed by atoms with van der Waals surface area (Å²) in [7, 11) is 3.47. The van der Waals surface area contributed by atoms with Crippen LogP contribution in [0, 0.1) is 13.0 Å². The summed E-state index contributed by atoms with van der Waals surface area (Å²) in [5.74, 6) is 1.03. The molecule has 0 bridgehead atoms. The van der Waals surface area contributed by atoms with E-state index in [1.165, 1.54) is 37.4 Å². The molecule has 0 heterocycles. The van der Waals surface area contributed by atoms with Crippen molar-refractivity contribution in [3.05, 3.63) is 7.05 Å². The van der Waals surface area contributed by atoms with Crippen LogP contribution in [0.15, 0.2) is 0 Å². The van der Waals surface area contributed by atoms with E-state index in [1.54, 1.807) is 0 Å². The van der Waals surface area contributed by atoms with Crippen LogP contribution >= 0.6 is 0 Å². The summed E-state index contributed by atoms with van der Waals surface area (Å²) in [6.45, 7) is 0. The maximum Gasteiger partial charge on any atom is 0.284 e. The molecule has 1 fully saturated rings. The summed E-state index contributed by atoms with van der Waals surface area (Å²) in [4.78, 5) is 10.9. The third kappa shape index (κ3) is 3.35. The minimum absolute atomic E-state index is 0.209. The Labute approximate surface area is 74.7 Å². The highest BCUT2D eigenvalue weighted by atomic mass is 16.1. The first-order valence-electron chi connectivity index (χ1n) is 4.98. The van der Waals surface area contributed by atoms with Crippen molar-refractivity contribution in [2.75, 3.05) is 0 Å². The SMILES string of the molecule is [CH2-][NH2+]C(=O)CCC1CCCCC1. The van der Waals surface area contributed by atoms with Crippen LogP contribution in [0.2, 0.25) is 0 Å². The molecule has 2 nitrogen and oxygen atoms in total. The van der Waals surface area contributed by atoms with Crippen LogP contribution in [0.1, 0.15) is 44.9 Å². The Morgan fingerprint density at radius 2 is 2.00 bits per heavy atom. The van der Waals surface area contributed by atoms with Crippen molar-refractivity contribution in [1.29, 1.82) is 0 Å². The fraction of sp³-hybridized carbons (Fsp3) is 0.800. The van der Waals surface area contributed by atoms with Gasteiger partial charge in [-0.15, -0.1) is 7.05 Å². The topological polar surface area (TPSA) is 33.7 Å². The van der Waals surface area contributed by atoms with E-state index >= 15 is 0 Å². The van der Waals surface area contributed by atoms with Crippen LogP contribution in [0.3, 0.4) is 0 Å². The maximum absolute atomic E-state index is 10.9. The lowest BCUT2D eigenvalue weighted by Gasteiger charge is -2.20. The zero-order valence-corrected chi connectivity index (χ0v) is 7.72. The Bertz CT molecular complexity index is 139. The average molecular weight is 169 g/mol. The molecule has 1 aliphatic rings. The molecule has 0 aliphatic heterocycles. The van der Waals surface area contributed by atoms with Gasteiger partial charge >= 0.3 is 0 Å². The van der Waals surface area contributed by atoms with Gasteiger partial charge in [0.25, 0.3) is 5.91 Å². The molecule has 12 heavy (non-hydrogen) atoms. The fourth-order valence-electron chi connectivity index (χ4n) is 1.92. The van der Waals surface area contributed by atoms with Crippen molar-refractivity contribution in [3.63, 3.8) is 0 Å². The maximum atomic E-state index is 10.9. The number of rotatable bonds is 3. The van der Waals surface area contributed by atoms with Crippen LogP contribution in [0.4, 0.5) is 0 Å². The molecule has 0 aromatic heterocycles. The van der Waals surface area contributed by atoms with E-state index in [9.17, 15) is 4.79 Å². The van der Waals surface area contributed by atoms with Gasteiger partial charge in [-0.2, -0.15) is 0 Å². The Hall–Kier alpha value is -0.370. The number of hydrogen-bond acceptors (Lipinski definition) is 1. The lowest BCUT2D eigenvalue weighted by atomic mass is 9.86. The van der Waals surface area contributed by atoms with Crippen molar-refractivity contribution in [1.82, 2.24) is 0 Å². The first-order valence-corrected chi connectivity index (χ1v) is 4.98. The normalized spacial score (nSPS) is 19.4. The minimum Gasteiger partial charge on any atom is -0.415 e. The monoisotopic (exact) mass is 169 g/mol. The average Bonchev–Trinajstić information content (AvgIpc) is 2.16. The highest BCUT2D eigenvalue weighted by Gasteiger charge is 2.14. The largest absolute Gasteiger partial charge is 0.415 e. The molecule has 0 aromatic carbocycles. The van der Waals surface area contributed by atoms with Crippen LogP contribution in [0.25, 0.3) is 0 Å². The van der Waals surface area contributed by atoms with E-state index in [-0.39, 0.29) is 5.91 Å². The number of hydrogen-bond donors (Lipinski definition) is 1. The molecule has 70 valence electrons. The zero-order valence-electron chi connectivity index (χ0n) is 7.72. The molecular formula is C10H19NO. The Balaban J connectivity index is 2.09. The summed E-state index contributed by atoms with van der Waals surface area (Å²) in [5, 5.41) is 1.45. The number of amides is 1. The molecule has 0 aromatic rings. The molecule has 2 heteroatoms. The van der Waals surface area contributed by atoms with Gasteiger partial charge in [0, 0.05) is 0 Å². The van der Waals surface area contributed by atoms with Gasteiger partial charge in [0.05, 0.1) is 6.42 Å². The van der Waals surface area contributed by atoms with E-state index in [4.69, 9.17) is 0 Å². The predicted octanol–water partition coefficient (Wildman–Crippen LogP) is 1.23. The van der Waals surface area contributed by atoms with E-state index in [0.29, 0.717) is 6.42 Å². The van der Waals surface area contributed by atoms with Crippen LogP contribution < -0.4 is 5.32 Å². The van der Waals surface area contributed by atoms with Crippen molar-refractivity contribution in [3.8, 4) is 0 Å². The van der Waals surface area contributed by atoms with Crippen LogP contribution in [-0.4, -0.2) is 5.91 Å². The minimum atomic E-state index is 0.209. The van der Waals surface area contributed by atoms with E-state index < -0.39 is 0 Å². The second kappa shape index (κ2) is 5.31. The molecular weight excluding hydrogens is 150 g/mol. The number of carbonyl (C=O) groups is 1. The van der Waals surface area contributed by atoms with Gasteiger partial charge in [0.15, 0.2) is 0 Å².